The summed E-state index contributed by atoms with van der Waals surface area (Å²) in [7, 11) is -6.33. The molecular formula is C76H80BFN33Na2O15S2+2. The number of hydrogen-bond donors (Lipinski definition) is 9. The number of nitriles is 5. The number of esters is 2. The van der Waals surface area contributed by atoms with Crippen LogP contribution in [0.4, 0.5) is 50.5 Å². The van der Waals surface area contributed by atoms with Crippen LogP contribution < -0.4 is 97.4 Å². The monoisotopic (exact) mass is 1840 g/mol. The zero-order chi connectivity index (χ0) is 91.7. The van der Waals surface area contributed by atoms with Gasteiger partial charge in [0.15, 0.2) is 21.9 Å². The number of nitrogens with zero attached hydrogens (tertiary/aromatic N) is 26. The standard InChI is InChI=1S/C15H20N2O5S2.C12H8N6O.C12H11N5O.C10H4N7.C10H6N6.C10H9N5.C4H6O3.CH4O.2CH4.B.FH.2HNO2.2Na.H2/c1-4-17(5-2)24(21,22)14-10-9-11-12(15(14)18)7-6-8-13(11)16-23(3,19)20;1-7(19)15-9-2-3-10-11(4-9)18-12(17-16-10)8(5-13)6-14-18;1-8(18)16-10-3-2-4-11(5-10)17-12(14)9(6-13)7-15-17;11-4-6-5-13-17-9-3-7(14-12)1-2-8(9)15-16-10(6)17;11-4-6-5-13-16-9-3-7(12)1-2-8(9)14-15-10(6)16;11-5-7-6-14-15(10(7)13)9-3-1-2-8(12)4-9;1-3(5)7-4(2)6;1-2;;;;;2*2-1-3;;;/h6-10,16,18H,4-5H2,1-3H3;2-4,6H,1H3,(H,15,19);2-5,7H,14H2,1H3,(H,16,18);1-3,5H;1-3,5H,12H2;1-4,6H,12-13H2;1-2H3;2H,1H3;2*1H4;;1H;2*(H,2,3);;;1H/q;;;+1;;;;;;;;;;;2*+1;/p-1/i;;;;;;;;;;;;;;;;1+1. The molecule has 0 fully saturated rings. The van der Waals surface area contributed by atoms with E-state index in [0.29, 0.717) is 118 Å². The van der Waals surface area contributed by atoms with E-state index < -0.39 is 37.7 Å². The van der Waals surface area contributed by atoms with Crippen molar-refractivity contribution in [2.45, 2.75) is 61.3 Å². The van der Waals surface area contributed by atoms with Gasteiger partial charge in [-0.25, -0.2) is 39.7 Å². The van der Waals surface area contributed by atoms with E-state index in [1.807, 2.05) is 36.4 Å². The number of carbonyl (C=O) groups is 4. The van der Waals surface area contributed by atoms with Crippen molar-refractivity contribution in [3.8, 4) is 47.5 Å². The first-order chi connectivity index (χ1) is 59.2. The first-order valence-corrected chi connectivity index (χ1v) is 38.0. The van der Waals surface area contributed by atoms with Gasteiger partial charge < -0.3 is 68.7 Å². The number of nitrogen functional groups attached to an aromatic ring is 4. The molecule has 3 radical (unpaired) electrons. The molecule has 8 aromatic heterocycles. The normalized spacial score (nSPS) is 9.66. The van der Waals surface area contributed by atoms with Crippen LogP contribution in [0.15, 0.2) is 180 Å². The number of benzene rings is 7. The van der Waals surface area contributed by atoms with Gasteiger partial charge in [0.25, 0.3) is 0 Å². The van der Waals surface area contributed by atoms with Gasteiger partial charge in [-0.05, 0) is 91.0 Å². The first kappa shape index (κ1) is 114. The van der Waals surface area contributed by atoms with E-state index in [4.69, 9.17) is 80.0 Å². The molecule has 0 unspecified atom stereocenters. The molecular weight excluding hydrogens is 1750 g/mol. The maximum absolute atomic E-state index is 12.6. The summed E-state index contributed by atoms with van der Waals surface area (Å²) >= 11 is 0. The Morgan fingerprint density at radius 1 is 0.538 bits per heavy atom. The number of diazo groups is 1. The summed E-state index contributed by atoms with van der Waals surface area (Å²) in [5.74, 6) is -1.23. The molecule has 7 aromatic carbocycles. The number of aromatic nitrogens is 16. The number of phenols is 1. The smallest absolute Gasteiger partial charge is 0.506 e. The van der Waals surface area contributed by atoms with Gasteiger partial charge in [0.2, 0.25) is 37.3 Å². The van der Waals surface area contributed by atoms with Gasteiger partial charge in [0.05, 0.1) is 71.4 Å². The first-order valence-electron chi connectivity index (χ1n) is 34.7. The number of ether oxygens (including phenoxy) is 1. The average Bonchev–Trinajstić information content (AvgIpc) is 1.40. The molecule has 0 aliphatic heterocycles. The fourth-order valence-electron chi connectivity index (χ4n) is 10.7. The Bertz CT molecular complexity index is 7020. The Labute approximate surface area is 787 Å². The molecule has 0 atom stereocenters. The van der Waals surface area contributed by atoms with Crippen LogP contribution in [-0.4, -0.2) is 169 Å². The molecule has 0 aliphatic carbocycles. The summed E-state index contributed by atoms with van der Waals surface area (Å²) in [5, 5.41) is 139. The molecule has 15 rings (SSSR count). The zero-order valence-electron chi connectivity index (χ0n) is 69.9. The molecule has 48 nitrogen and oxygen atoms in total. The van der Waals surface area contributed by atoms with Crippen LogP contribution in [0.5, 0.6) is 5.75 Å². The number of aromatic hydroxyl groups is 1. The van der Waals surface area contributed by atoms with Crippen LogP contribution in [0.2, 0.25) is 0 Å². The molecule has 661 valence electrons. The second-order valence-electron chi connectivity index (χ2n) is 24.0. The number of halogens is 1. The Hall–Kier alpha value is -16.0. The number of anilines is 7. The van der Waals surface area contributed by atoms with Gasteiger partial charge in [-0.3, -0.25) is 28.6 Å². The molecule has 0 saturated carbocycles. The number of carbonyl (C=O) groups excluding carboxylic acids is 4. The maximum Gasteiger partial charge on any atom is 1.00 e. The summed E-state index contributed by atoms with van der Waals surface area (Å²) < 4.78 is 63.2. The number of hydrogen-bond acceptors (Lipinski definition) is 38. The predicted molar refractivity (Wildman–Crippen MR) is 475 cm³/mol. The SMILES string of the molecule is C.C.CC(=O)Nc1ccc2nnc3c(C#N)cnn3c2c1.CC(=O)Nc1cccc(-n2ncc(C#N)c2N)c1.CC(=O)OC(C)=O.CCN(CC)S(=O)(=O)c1ccc2c(NS(C)(=O)=O)cccc2c1O.CO.F.N#Cc1cnn(-c2cccc(N)c2)c1N.N#Cc1cnn2c1nnc1ccc(N)cc12.N#Cc1cnn2c1nnc1ccc([N+]#N)cc12.O=N[O-].O=N[O-].[2HH].[B].[H+].[Na+].[Na+]. The summed E-state index contributed by atoms with van der Waals surface area (Å²) in [6.07, 6.45) is 8.18. The molecule has 15 aromatic rings. The van der Waals surface area contributed by atoms with Crippen LogP contribution in [0.3, 0.4) is 0 Å². The number of sulfonamides is 2. The van der Waals surface area contributed by atoms with Crippen molar-refractivity contribution in [3.05, 3.63) is 217 Å². The van der Waals surface area contributed by atoms with Crippen molar-refractivity contribution in [3.63, 3.8) is 0 Å². The van der Waals surface area contributed by atoms with Gasteiger partial charge in [-0.1, -0.05) is 59.0 Å². The molecule has 0 saturated heterocycles. The van der Waals surface area contributed by atoms with Crippen molar-refractivity contribution in [1.29, 1.82) is 31.7 Å². The topological polar surface area (TPSA) is 747 Å². The van der Waals surface area contributed by atoms with Crippen molar-refractivity contribution in [2.75, 3.05) is 64.7 Å². The second-order valence-corrected chi connectivity index (χ2v) is 27.6. The number of aliphatic hydroxyl groups excluding tert-OH is 1. The van der Waals surface area contributed by atoms with E-state index in [2.05, 4.69) is 81.2 Å². The third-order valence-corrected chi connectivity index (χ3v) is 18.4. The Morgan fingerprint density at radius 3 is 1.32 bits per heavy atom. The van der Waals surface area contributed by atoms with Gasteiger partial charge in [0, 0.05) is 97.3 Å². The van der Waals surface area contributed by atoms with Gasteiger partial charge in [-0.15, -0.1) is 41.3 Å². The number of fused-ring (bicyclic) bond motifs is 10. The van der Waals surface area contributed by atoms with Crippen LogP contribution >= 0.6 is 0 Å². The molecule has 0 aliphatic rings. The Balaban J connectivity index is -0.00000145. The van der Waals surface area contributed by atoms with Crippen molar-refractivity contribution < 1.29 is 118 Å². The number of aliphatic hydroxyl groups is 1. The summed E-state index contributed by atoms with van der Waals surface area (Å²) in [4.78, 5) is 60.6. The molecule has 54 heteroatoms. The Morgan fingerprint density at radius 2 is 0.923 bits per heavy atom. The maximum atomic E-state index is 12.6. The van der Waals surface area contributed by atoms with Crippen LogP contribution in [-0.2, 0) is 44.0 Å². The van der Waals surface area contributed by atoms with E-state index in [1.54, 1.807) is 134 Å². The largest absolute Gasteiger partial charge is 1.00 e. The minimum Gasteiger partial charge on any atom is -0.506 e. The Kier molecular flexibility index (Phi) is 47.4. The zero-order valence-corrected chi connectivity index (χ0v) is 74.6. The average molecular weight is 1840 g/mol. The number of phenolic OH excluding ortho intramolecular Hbond substituents is 1. The van der Waals surface area contributed by atoms with Gasteiger partial charge in [-0.2, -0.15) is 56.1 Å². The molecule has 8 heterocycles. The fourth-order valence-corrected chi connectivity index (χ4v) is 12.8. The molecule has 0 spiro atoms. The number of nitrogens with two attached hydrogens (primary N) is 4. The minimum atomic E-state index is -3.83. The van der Waals surface area contributed by atoms with Crippen LogP contribution in [0.25, 0.3) is 77.2 Å². The molecule has 2 amide bonds. The molecule has 130 heavy (non-hydrogen) atoms. The van der Waals surface area contributed by atoms with Crippen LogP contribution in [0.1, 0.15) is 87.1 Å². The van der Waals surface area contributed by atoms with Gasteiger partial charge >= 0.3 is 78.2 Å². The molecule has 13 N–H and O–H groups in total. The summed E-state index contributed by atoms with van der Waals surface area (Å²) in [6, 6.07) is 46.9. The van der Waals surface area contributed by atoms with E-state index in [1.165, 1.54) is 93.5 Å². The molecule has 0 bridgehead atoms. The number of rotatable bonds is 10. The van der Waals surface area contributed by atoms with E-state index in [-0.39, 0.29) is 137 Å². The van der Waals surface area contributed by atoms with Gasteiger partial charge in [0.1, 0.15) is 103 Å². The third kappa shape index (κ3) is 29.9. The van der Waals surface area contributed by atoms with E-state index in [0.717, 1.165) is 35.3 Å². The third-order valence-electron chi connectivity index (χ3n) is 15.7. The minimum absolute atomic E-state index is 0. The number of amides is 2. The quantitative estimate of drug-likeness (QED) is 0.0180. The van der Waals surface area contributed by atoms with E-state index in [9.17, 15) is 41.1 Å². The van der Waals surface area contributed by atoms with Crippen molar-refractivity contribution in [1.82, 2.24) is 83.3 Å². The summed E-state index contributed by atoms with van der Waals surface area (Å²) in [5.41, 5.74) is 34.5. The van der Waals surface area contributed by atoms with Crippen molar-refractivity contribution >= 4 is 159 Å². The summed E-state index contributed by atoms with van der Waals surface area (Å²) in [6.45, 7) is 9.23. The predicted octanol–water partition coefficient (Wildman–Crippen LogP) is 3.23. The number of nitrogens with one attached hydrogen (secondary N) is 3. The fraction of sp³-hybridized carbons (Fsp3) is 0.158. The second kappa shape index (κ2) is 54.0. The van der Waals surface area contributed by atoms with Crippen LogP contribution in [0, 0.1) is 82.3 Å². The van der Waals surface area contributed by atoms with Crippen molar-refractivity contribution in [2.24, 2.45) is 10.7 Å². The van der Waals surface area contributed by atoms with E-state index >= 15 is 0 Å².